The minimum Gasteiger partial charge on any atom is -0.495 e. The van der Waals surface area contributed by atoms with E-state index in [1.54, 1.807) is 36.4 Å². The molecule has 7 heteroatoms. The topological polar surface area (TPSA) is 76.1 Å². The molecule has 0 atom stereocenters. The molecule has 0 radical (unpaired) electrons. The van der Waals surface area contributed by atoms with Gasteiger partial charge in [0.2, 0.25) is 0 Å². The van der Waals surface area contributed by atoms with E-state index in [4.69, 9.17) is 4.74 Å². The van der Waals surface area contributed by atoms with Crippen molar-refractivity contribution >= 4 is 23.1 Å². The van der Waals surface area contributed by atoms with Gasteiger partial charge in [-0.2, -0.15) is 0 Å². The lowest BCUT2D eigenvalue weighted by molar-refractivity contribution is 0.102. The lowest BCUT2D eigenvalue weighted by Gasteiger charge is -2.11. The molecule has 3 rings (SSSR count). The molecule has 0 saturated carbocycles. The molecule has 2 N–H and O–H groups in total. The van der Waals surface area contributed by atoms with Crippen LogP contribution in [-0.2, 0) is 0 Å². The number of anilines is 3. The highest BCUT2D eigenvalue weighted by Crippen LogP contribution is 2.25. The summed E-state index contributed by atoms with van der Waals surface area (Å²) in [5.41, 5.74) is 1.95. The second kappa shape index (κ2) is 7.60. The van der Waals surface area contributed by atoms with E-state index in [0.29, 0.717) is 17.3 Å². The van der Waals surface area contributed by atoms with Gasteiger partial charge in [-0.15, -0.1) is 10.2 Å². The third-order valence-electron chi connectivity index (χ3n) is 3.64. The molecule has 132 valence electrons. The van der Waals surface area contributed by atoms with Crippen molar-refractivity contribution in [3.05, 3.63) is 71.7 Å². The molecule has 1 amide bonds. The number of halogens is 1. The highest BCUT2D eigenvalue weighted by Gasteiger charge is 2.12. The molecule has 2 aromatic carbocycles. The van der Waals surface area contributed by atoms with Gasteiger partial charge in [0.25, 0.3) is 5.91 Å². The molecule has 6 nitrogen and oxygen atoms in total. The molecule has 1 aromatic heterocycles. The van der Waals surface area contributed by atoms with Crippen molar-refractivity contribution in [2.24, 2.45) is 0 Å². The quantitative estimate of drug-likeness (QED) is 0.728. The van der Waals surface area contributed by atoms with Gasteiger partial charge >= 0.3 is 0 Å². The zero-order chi connectivity index (χ0) is 18.5. The van der Waals surface area contributed by atoms with Crippen LogP contribution in [0.2, 0.25) is 0 Å². The maximum absolute atomic E-state index is 13.6. The fourth-order valence-electron chi connectivity index (χ4n) is 2.33. The van der Waals surface area contributed by atoms with Crippen molar-refractivity contribution < 1.29 is 13.9 Å². The van der Waals surface area contributed by atoms with E-state index in [1.807, 2.05) is 13.0 Å². The summed E-state index contributed by atoms with van der Waals surface area (Å²) in [4.78, 5) is 12.4. The number of nitrogens with zero attached hydrogens (tertiary/aromatic N) is 2. The van der Waals surface area contributed by atoms with Crippen molar-refractivity contribution in [2.45, 2.75) is 6.92 Å². The van der Waals surface area contributed by atoms with Crippen LogP contribution in [0, 0.1) is 12.7 Å². The Balaban J connectivity index is 1.73. The summed E-state index contributed by atoms with van der Waals surface area (Å²) in [6, 6.07) is 14.8. The largest absolute Gasteiger partial charge is 0.495 e. The van der Waals surface area contributed by atoms with Crippen molar-refractivity contribution in [2.75, 3.05) is 17.7 Å². The van der Waals surface area contributed by atoms with Crippen LogP contribution in [0.5, 0.6) is 5.75 Å². The van der Waals surface area contributed by atoms with Crippen LogP contribution >= 0.6 is 0 Å². The summed E-state index contributed by atoms with van der Waals surface area (Å²) in [7, 11) is 1.53. The Morgan fingerprint density at radius 3 is 2.54 bits per heavy atom. The van der Waals surface area contributed by atoms with Crippen molar-refractivity contribution in [3.63, 3.8) is 0 Å². The number of para-hydroxylation sites is 1. The summed E-state index contributed by atoms with van der Waals surface area (Å²) in [6.07, 6.45) is 0. The van der Waals surface area contributed by atoms with Gasteiger partial charge in [-0.1, -0.05) is 18.2 Å². The average Bonchev–Trinajstić information content (AvgIpc) is 2.64. The third kappa shape index (κ3) is 3.94. The first-order valence-corrected chi connectivity index (χ1v) is 7.88. The fourth-order valence-corrected chi connectivity index (χ4v) is 2.33. The number of aromatic nitrogens is 2. The number of benzene rings is 2. The van der Waals surface area contributed by atoms with E-state index >= 15 is 0 Å². The number of carbonyl (C=O) groups is 1. The Morgan fingerprint density at radius 1 is 1.04 bits per heavy atom. The first-order chi connectivity index (χ1) is 12.6. The van der Waals surface area contributed by atoms with Gasteiger partial charge in [0.05, 0.1) is 18.5 Å². The SMILES string of the molecule is COc1ccc(C)cc1NC(=O)c1ccc(Nc2ccccc2F)nn1. The minimum absolute atomic E-state index is 0.132. The molecular formula is C19H17FN4O2. The van der Waals surface area contributed by atoms with Gasteiger partial charge in [-0.05, 0) is 48.9 Å². The van der Waals surface area contributed by atoms with Crippen LogP contribution in [0.3, 0.4) is 0 Å². The molecule has 0 fully saturated rings. The number of hydrogen-bond acceptors (Lipinski definition) is 5. The monoisotopic (exact) mass is 352 g/mol. The number of ether oxygens (including phenoxy) is 1. The molecular weight excluding hydrogens is 335 g/mol. The first-order valence-electron chi connectivity index (χ1n) is 7.88. The Labute approximate surface area is 150 Å². The second-order valence-electron chi connectivity index (χ2n) is 5.57. The Hall–Kier alpha value is -3.48. The highest BCUT2D eigenvalue weighted by atomic mass is 19.1. The van der Waals surface area contributed by atoms with Gasteiger partial charge in [0, 0.05) is 0 Å². The standard InChI is InChI=1S/C19H17FN4O2/c1-12-7-9-17(26-2)16(11-12)22-19(25)15-8-10-18(24-23-15)21-14-6-4-3-5-13(14)20/h3-11H,1-2H3,(H,21,24)(H,22,25). The maximum atomic E-state index is 13.6. The molecule has 0 aliphatic heterocycles. The lowest BCUT2D eigenvalue weighted by atomic mass is 10.2. The van der Waals surface area contributed by atoms with Gasteiger partial charge < -0.3 is 15.4 Å². The summed E-state index contributed by atoms with van der Waals surface area (Å²) in [6.45, 7) is 1.91. The van der Waals surface area contributed by atoms with E-state index in [0.717, 1.165) is 5.56 Å². The number of amides is 1. The lowest BCUT2D eigenvalue weighted by Crippen LogP contribution is -2.15. The predicted octanol–water partition coefficient (Wildman–Crippen LogP) is 3.93. The normalized spacial score (nSPS) is 10.3. The zero-order valence-electron chi connectivity index (χ0n) is 14.3. The summed E-state index contributed by atoms with van der Waals surface area (Å²) in [5.74, 6) is 0.0658. The van der Waals surface area contributed by atoms with Gasteiger partial charge in [0.15, 0.2) is 11.5 Å². The average molecular weight is 352 g/mol. The van der Waals surface area contributed by atoms with E-state index in [9.17, 15) is 9.18 Å². The van der Waals surface area contributed by atoms with Crippen LogP contribution in [0.25, 0.3) is 0 Å². The smallest absolute Gasteiger partial charge is 0.276 e. The molecule has 0 aliphatic carbocycles. The molecule has 26 heavy (non-hydrogen) atoms. The first kappa shape index (κ1) is 17.3. The minimum atomic E-state index is -0.418. The third-order valence-corrected chi connectivity index (χ3v) is 3.64. The zero-order valence-corrected chi connectivity index (χ0v) is 14.3. The summed E-state index contributed by atoms with van der Waals surface area (Å²) < 4.78 is 18.9. The molecule has 0 aliphatic rings. The van der Waals surface area contributed by atoms with Crippen molar-refractivity contribution in [1.82, 2.24) is 10.2 Å². The van der Waals surface area contributed by atoms with E-state index in [2.05, 4.69) is 20.8 Å². The van der Waals surface area contributed by atoms with Gasteiger partial charge in [0.1, 0.15) is 11.6 Å². The fraction of sp³-hybridized carbons (Fsp3) is 0.105. The van der Waals surface area contributed by atoms with Gasteiger partial charge in [-0.25, -0.2) is 4.39 Å². The molecule has 0 unspecified atom stereocenters. The van der Waals surface area contributed by atoms with Crippen LogP contribution in [0.15, 0.2) is 54.6 Å². The Kier molecular flexibility index (Phi) is 5.07. The summed E-state index contributed by atoms with van der Waals surface area (Å²) in [5, 5.41) is 13.4. The maximum Gasteiger partial charge on any atom is 0.276 e. The van der Waals surface area contributed by atoms with Crippen LogP contribution < -0.4 is 15.4 Å². The van der Waals surface area contributed by atoms with Crippen LogP contribution in [0.1, 0.15) is 16.1 Å². The molecule has 0 saturated heterocycles. The molecule has 0 bridgehead atoms. The summed E-state index contributed by atoms with van der Waals surface area (Å²) >= 11 is 0. The number of rotatable bonds is 5. The van der Waals surface area contributed by atoms with Crippen LogP contribution in [-0.4, -0.2) is 23.2 Å². The van der Waals surface area contributed by atoms with Gasteiger partial charge in [-0.3, -0.25) is 4.79 Å². The van der Waals surface area contributed by atoms with Crippen molar-refractivity contribution in [1.29, 1.82) is 0 Å². The van der Waals surface area contributed by atoms with E-state index < -0.39 is 11.7 Å². The number of nitrogens with one attached hydrogen (secondary N) is 2. The van der Waals surface area contributed by atoms with Crippen molar-refractivity contribution in [3.8, 4) is 5.75 Å². The molecule has 3 aromatic rings. The second-order valence-corrected chi connectivity index (χ2v) is 5.57. The highest BCUT2D eigenvalue weighted by molar-refractivity contribution is 6.03. The molecule has 0 spiro atoms. The molecule has 1 heterocycles. The Bertz CT molecular complexity index is 929. The Morgan fingerprint density at radius 2 is 1.85 bits per heavy atom. The number of aryl methyl sites for hydroxylation is 1. The van der Waals surface area contributed by atoms with Crippen LogP contribution in [0.4, 0.5) is 21.6 Å². The number of methoxy groups -OCH3 is 1. The number of carbonyl (C=O) groups excluding carboxylic acids is 1. The predicted molar refractivity (Wildman–Crippen MR) is 97.4 cm³/mol. The van der Waals surface area contributed by atoms with E-state index in [1.165, 1.54) is 19.2 Å². The number of hydrogen-bond donors (Lipinski definition) is 2. The van der Waals surface area contributed by atoms with E-state index in [-0.39, 0.29) is 11.4 Å².